The molecule has 1 heterocycles. The third-order valence-corrected chi connectivity index (χ3v) is 2.77. The number of anilines is 1. The van der Waals surface area contributed by atoms with Crippen molar-refractivity contribution in [3.8, 4) is 0 Å². The minimum Gasteiger partial charge on any atom is -0.478 e. The van der Waals surface area contributed by atoms with Crippen LogP contribution in [0.5, 0.6) is 0 Å². The minimum atomic E-state index is -1.25. The molecule has 2 N–H and O–H groups in total. The van der Waals surface area contributed by atoms with Crippen LogP contribution in [0.4, 0.5) is 14.5 Å². The number of hydrogen-bond donors (Lipinski definition) is 2. The number of aromatic carboxylic acids is 1. The lowest BCUT2D eigenvalue weighted by Crippen LogP contribution is -2.25. The first-order chi connectivity index (χ1) is 7.50. The lowest BCUT2D eigenvalue weighted by molar-refractivity contribution is 0.0697. The number of halogens is 2. The van der Waals surface area contributed by atoms with E-state index in [0.717, 1.165) is 6.07 Å². The summed E-state index contributed by atoms with van der Waals surface area (Å²) in [6.45, 7) is 1.87. The van der Waals surface area contributed by atoms with Gasteiger partial charge in [-0.25, -0.2) is 13.6 Å². The first-order valence-electron chi connectivity index (χ1n) is 5.01. The standard InChI is InChI=1S/C11H11F2NO2/c1-5-2-3-6-9(13)8(12)4-7(11(15)16)10(6)14-5/h4-5,14H,2-3H2,1H3,(H,15,16). The molecule has 0 saturated heterocycles. The second-order valence-electron chi connectivity index (χ2n) is 3.96. The van der Waals surface area contributed by atoms with Gasteiger partial charge in [0.1, 0.15) is 0 Å². The van der Waals surface area contributed by atoms with Crippen molar-refractivity contribution in [1.29, 1.82) is 0 Å². The molecule has 0 spiro atoms. The number of hydrogen-bond acceptors (Lipinski definition) is 2. The molecule has 1 aliphatic heterocycles. The Kier molecular flexibility index (Phi) is 2.53. The Labute approximate surface area is 91.1 Å². The van der Waals surface area contributed by atoms with Crippen LogP contribution in [0, 0.1) is 11.6 Å². The maximum Gasteiger partial charge on any atom is 0.337 e. The summed E-state index contributed by atoms with van der Waals surface area (Å²) in [5.74, 6) is -3.30. The lowest BCUT2D eigenvalue weighted by Gasteiger charge is -2.26. The van der Waals surface area contributed by atoms with E-state index >= 15 is 0 Å². The highest BCUT2D eigenvalue weighted by Crippen LogP contribution is 2.32. The molecular formula is C11H11F2NO2. The van der Waals surface area contributed by atoms with Crippen LogP contribution in [0.25, 0.3) is 0 Å². The van der Waals surface area contributed by atoms with Crippen molar-refractivity contribution in [2.24, 2.45) is 0 Å². The monoisotopic (exact) mass is 227 g/mol. The van der Waals surface area contributed by atoms with Crippen LogP contribution in [0.1, 0.15) is 29.3 Å². The van der Waals surface area contributed by atoms with Gasteiger partial charge in [-0.05, 0) is 25.8 Å². The predicted molar refractivity (Wildman–Crippen MR) is 54.7 cm³/mol. The molecule has 3 nitrogen and oxygen atoms in total. The zero-order valence-electron chi connectivity index (χ0n) is 8.68. The molecule has 0 radical (unpaired) electrons. The highest BCUT2D eigenvalue weighted by Gasteiger charge is 2.26. The van der Waals surface area contributed by atoms with Crippen LogP contribution in [-0.4, -0.2) is 17.1 Å². The topological polar surface area (TPSA) is 49.3 Å². The van der Waals surface area contributed by atoms with Gasteiger partial charge in [-0.15, -0.1) is 0 Å². The molecule has 86 valence electrons. The van der Waals surface area contributed by atoms with Crippen molar-refractivity contribution in [2.75, 3.05) is 5.32 Å². The summed E-state index contributed by atoms with van der Waals surface area (Å²) < 4.78 is 26.6. The smallest absolute Gasteiger partial charge is 0.337 e. The number of rotatable bonds is 1. The Morgan fingerprint density at radius 3 is 2.88 bits per heavy atom. The molecule has 2 rings (SSSR count). The molecule has 5 heteroatoms. The van der Waals surface area contributed by atoms with Gasteiger partial charge in [-0.1, -0.05) is 0 Å². The molecule has 0 fully saturated rings. The third-order valence-electron chi connectivity index (χ3n) is 2.77. The Balaban J connectivity index is 2.64. The molecule has 1 atom stereocenters. The summed E-state index contributed by atoms with van der Waals surface area (Å²) in [4.78, 5) is 10.9. The molecule has 0 aliphatic carbocycles. The van der Waals surface area contributed by atoms with Gasteiger partial charge in [0.05, 0.1) is 11.3 Å². The van der Waals surface area contributed by atoms with Crippen LogP contribution in [0.3, 0.4) is 0 Å². The maximum atomic E-state index is 13.4. The van der Waals surface area contributed by atoms with E-state index in [4.69, 9.17) is 5.11 Å². The fourth-order valence-electron chi connectivity index (χ4n) is 1.93. The Hall–Kier alpha value is -1.65. The molecule has 0 aromatic heterocycles. The molecule has 1 unspecified atom stereocenters. The first kappa shape index (κ1) is 10.9. The van der Waals surface area contributed by atoms with E-state index < -0.39 is 17.6 Å². The number of carbonyl (C=O) groups is 1. The Morgan fingerprint density at radius 2 is 2.25 bits per heavy atom. The number of fused-ring (bicyclic) bond motifs is 1. The lowest BCUT2D eigenvalue weighted by atomic mass is 9.95. The zero-order chi connectivity index (χ0) is 11.9. The normalized spacial score (nSPS) is 18.8. The Morgan fingerprint density at radius 1 is 1.56 bits per heavy atom. The van der Waals surface area contributed by atoms with E-state index in [2.05, 4.69) is 5.32 Å². The van der Waals surface area contributed by atoms with E-state index in [-0.39, 0.29) is 22.9 Å². The summed E-state index contributed by atoms with van der Waals surface area (Å²) in [6.07, 6.45) is 1.01. The van der Waals surface area contributed by atoms with Gasteiger partial charge in [-0.3, -0.25) is 0 Å². The van der Waals surface area contributed by atoms with Gasteiger partial charge >= 0.3 is 5.97 Å². The van der Waals surface area contributed by atoms with Crippen molar-refractivity contribution in [3.05, 3.63) is 28.8 Å². The number of carboxylic acids is 1. The fourth-order valence-corrected chi connectivity index (χ4v) is 1.93. The van der Waals surface area contributed by atoms with E-state index in [1.165, 1.54) is 0 Å². The fraction of sp³-hybridized carbons (Fsp3) is 0.364. The highest BCUT2D eigenvalue weighted by atomic mass is 19.2. The predicted octanol–water partition coefficient (Wildman–Crippen LogP) is 2.41. The van der Waals surface area contributed by atoms with Gasteiger partial charge in [0.15, 0.2) is 11.6 Å². The quantitative estimate of drug-likeness (QED) is 0.774. The summed E-state index contributed by atoms with van der Waals surface area (Å²) >= 11 is 0. The zero-order valence-corrected chi connectivity index (χ0v) is 8.68. The highest BCUT2D eigenvalue weighted by molar-refractivity contribution is 5.95. The van der Waals surface area contributed by atoms with Crippen molar-refractivity contribution >= 4 is 11.7 Å². The van der Waals surface area contributed by atoms with Crippen LogP contribution in [0.15, 0.2) is 6.07 Å². The average Bonchev–Trinajstić information content (AvgIpc) is 2.22. The van der Waals surface area contributed by atoms with Crippen molar-refractivity contribution in [1.82, 2.24) is 0 Å². The van der Waals surface area contributed by atoms with E-state index in [1.54, 1.807) is 0 Å². The summed E-state index contributed by atoms with van der Waals surface area (Å²) in [5, 5.41) is 11.8. The molecule has 1 aliphatic rings. The number of carboxylic acid groups (broad SMARTS) is 1. The summed E-state index contributed by atoms with van der Waals surface area (Å²) in [6, 6.07) is 0.789. The molecule has 0 amide bonds. The second kappa shape index (κ2) is 3.73. The molecule has 0 saturated carbocycles. The third kappa shape index (κ3) is 1.62. The van der Waals surface area contributed by atoms with Crippen LogP contribution in [-0.2, 0) is 6.42 Å². The van der Waals surface area contributed by atoms with E-state index in [0.29, 0.717) is 12.8 Å². The maximum absolute atomic E-state index is 13.4. The molecule has 16 heavy (non-hydrogen) atoms. The second-order valence-corrected chi connectivity index (χ2v) is 3.96. The van der Waals surface area contributed by atoms with Gasteiger partial charge < -0.3 is 10.4 Å². The molecule has 1 aromatic carbocycles. The first-order valence-corrected chi connectivity index (χ1v) is 5.01. The van der Waals surface area contributed by atoms with Crippen LogP contribution < -0.4 is 5.32 Å². The SMILES string of the molecule is CC1CCc2c(F)c(F)cc(C(=O)O)c2N1. The number of benzene rings is 1. The van der Waals surface area contributed by atoms with Crippen LogP contribution in [0.2, 0.25) is 0 Å². The van der Waals surface area contributed by atoms with Crippen molar-refractivity contribution in [3.63, 3.8) is 0 Å². The molecular weight excluding hydrogens is 216 g/mol. The van der Waals surface area contributed by atoms with E-state index in [1.807, 2.05) is 6.92 Å². The molecule has 1 aromatic rings. The van der Waals surface area contributed by atoms with Gasteiger partial charge in [0, 0.05) is 11.6 Å². The van der Waals surface area contributed by atoms with Gasteiger partial charge in [-0.2, -0.15) is 0 Å². The molecule has 0 bridgehead atoms. The van der Waals surface area contributed by atoms with Crippen LogP contribution >= 0.6 is 0 Å². The van der Waals surface area contributed by atoms with Gasteiger partial charge in [0.25, 0.3) is 0 Å². The minimum absolute atomic E-state index is 0.0652. The Bertz CT molecular complexity index is 460. The largest absolute Gasteiger partial charge is 0.478 e. The average molecular weight is 227 g/mol. The van der Waals surface area contributed by atoms with Gasteiger partial charge in [0.2, 0.25) is 0 Å². The number of nitrogens with one attached hydrogen (secondary N) is 1. The van der Waals surface area contributed by atoms with Crippen molar-refractivity contribution in [2.45, 2.75) is 25.8 Å². The van der Waals surface area contributed by atoms with Crippen molar-refractivity contribution < 1.29 is 18.7 Å². The summed E-state index contributed by atoms with van der Waals surface area (Å²) in [7, 11) is 0. The summed E-state index contributed by atoms with van der Waals surface area (Å²) in [5.41, 5.74) is 0.140. The van der Waals surface area contributed by atoms with E-state index in [9.17, 15) is 13.6 Å².